The lowest BCUT2D eigenvalue weighted by molar-refractivity contribution is -0.0366. The summed E-state index contributed by atoms with van der Waals surface area (Å²) in [6, 6.07) is 0. The van der Waals surface area contributed by atoms with E-state index in [-0.39, 0.29) is 0 Å². The lowest BCUT2D eigenvalue weighted by atomic mass is 10.1. The van der Waals surface area contributed by atoms with Gasteiger partial charge in [-0.2, -0.15) is 0 Å². The Morgan fingerprint density at radius 2 is 2.12 bits per heavy atom. The molecule has 5 atom stereocenters. The first-order valence-corrected chi connectivity index (χ1v) is 11.4. The molecule has 3 rings (SSSR count). The number of methoxy groups -OCH3 is 1. The van der Waals surface area contributed by atoms with Crippen LogP contribution >= 0.6 is 6.89 Å². The number of hydrogen-bond acceptors (Lipinski definition) is 7. The molecule has 1 saturated heterocycles. The predicted molar refractivity (Wildman–Crippen MR) is 99.2 cm³/mol. The second-order valence-corrected chi connectivity index (χ2v) is 11.6. The summed E-state index contributed by atoms with van der Waals surface area (Å²) in [5.74, 6) is 1.26. The van der Waals surface area contributed by atoms with E-state index in [4.69, 9.17) is 9.47 Å². The van der Waals surface area contributed by atoms with Crippen molar-refractivity contribution in [1.29, 1.82) is 0 Å². The molecule has 1 unspecified atom stereocenters. The third-order valence-corrected chi connectivity index (χ3v) is 5.99. The van der Waals surface area contributed by atoms with Crippen molar-refractivity contribution in [2.75, 3.05) is 26.6 Å². The predicted octanol–water partition coefficient (Wildman–Crippen LogP) is 0.900. The number of aromatic nitrogens is 2. The molecule has 1 aromatic heterocycles. The first-order valence-electron chi connectivity index (χ1n) is 8.31. The molecule has 0 amide bonds. The van der Waals surface area contributed by atoms with Gasteiger partial charge in [-0.15, -0.1) is 13.2 Å². The summed E-state index contributed by atoms with van der Waals surface area (Å²) in [6.07, 6.45) is 3.78. The zero-order chi connectivity index (χ0) is 18.4. The molecule has 3 heterocycles. The fourth-order valence-corrected chi connectivity index (χ4v) is 4.10. The zero-order valence-electron chi connectivity index (χ0n) is 15.1. The molecule has 0 aliphatic carbocycles. The maximum Gasteiger partial charge on any atom is 0.175 e. The van der Waals surface area contributed by atoms with Crippen molar-refractivity contribution in [2.45, 2.75) is 44.1 Å². The van der Waals surface area contributed by atoms with E-state index in [1.807, 2.05) is 6.92 Å². The van der Waals surface area contributed by atoms with E-state index in [2.05, 4.69) is 34.9 Å². The summed E-state index contributed by atoms with van der Waals surface area (Å²) < 4.78 is 13.0. The highest BCUT2D eigenvalue weighted by Crippen LogP contribution is 2.41. The van der Waals surface area contributed by atoms with Crippen LogP contribution in [-0.4, -0.2) is 76.8 Å². The number of nitrogens with one attached hydrogen (secondary N) is 1. The smallest absolute Gasteiger partial charge is 0.175 e. The molecule has 1 fully saturated rings. The van der Waals surface area contributed by atoms with Crippen molar-refractivity contribution in [3.63, 3.8) is 0 Å². The van der Waals surface area contributed by atoms with Crippen LogP contribution in [0, 0.1) is 0 Å². The average Bonchev–Trinajstić information content (AvgIpc) is 3.06. The van der Waals surface area contributed by atoms with Gasteiger partial charge < -0.3 is 25.0 Å². The Balaban J connectivity index is 1.84. The third-order valence-electron chi connectivity index (χ3n) is 4.52. The maximum absolute atomic E-state index is 10.5. The minimum absolute atomic E-state index is 0.398. The number of fused-ring (bicyclic) bond motifs is 1. The van der Waals surface area contributed by atoms with Gasteiger partial charge in [-0.25, -0.2) is 9.98 Å². The fraction of sp³-hybridized carbons (Fsp3) is 0.688. The number of aliphatic imine (C=N–C) groups is 1. The van der Waals surface area contributed by atoms with Crippen LogP contribution in [0.15, 0.2) is 11.3 Å². The molecule has 0 bridgehead atoms. The van der Waals surface area contributed by atoms with Gasteiger partial charge in [0, 0.05) is 7.11 Å². The monoisotopic (exact) mass is 370 g/mol. The van der Waals surface area contributed by atoms with Crippen LogP contribution in [0.3, 0.4) is 0 Å². The van der Waals surface area contributed by atoms with Gasteiger partial charge in [-0.05, 0) is 32.8 Å². The van der Waals surface area contributed by atoms with Gasteiger partial charge in [-0.1, -0.05) is 0 Å². The molecule has 0 saturated carbocycles. The molecule has 3 N–H and O–H groups in total. The van der Waals surface area contributed by atoms with Gasteiger partial charge >= 0.3 is 0 Å². The van der Waals surface area contributed by atoms with E-state index in [1.165, 1.54) is 0 Å². The SMILES string of the molecule is C=P(C)(C)CC[C@H]1O[C@@H](n2cnc3c2N=C(C)NC3OC)[C@H](O)[C@@H]1O. The highest BCUT2D eigenvalue weighted by molar-refractivity contribution is 7.72. The van der Waals surface area contributed by atoms with E-state index in [0.717, 1.165) is 6.16 Å². The highest BCUT2D eigenvalue weighted by atomic mass is 31.2. The van der Waals surface area contributed by atoms with Crippen molar-refractivity contribution in [3.05, 3.63) is 12.0 Å². The van der Waals surface area contributed by atoms with Crippen molar-refractivity contribution in [1.82, 2.24) is 14.9 Å². The fourth-order valence-electron chi connectivity index (χ4n) is 3.15. The lowest BCUT2D eigenvalue weighted by Gasteiger charge is -2.24. The summed E-state index contributed by atoms with van der Waals surface area (Å²) >= 11 is 0. The van der Waals surface area contributed by atoms with Crippen LogP contribution in [-0.2, 0) is 9.47 Å². The Labute approximate surface area is 147 Å². The van der Waals surface area contributed by atoms with E-state index in [9.17, 15) is 10.2 Å². The van der Waals surface area contributed by atoms with Crippen LogP contribution in [0.1, 0.15) is 31.5 Å². The van der Waals surface area contributed by atoms with Crippen molar-refractivity contribution in [2.24, 2.45) is 4.99 Å². The van der Waals surface area contributed by atoms with Gasteiger partial charge in [0.25, 0.3) is 0 Å². The second-order valence-electron chi connectivity index (χ2n) is 7.31. The van der Waals surface area contributed by atoms with E-state index in [0.29, 0.717) is 23.8 Å². The first-order chi connectivity index (χ1) is 11.7. The summed E-state index contributed by atoms with van der Waals surface area (Å²) in [5.41, 5.74) is 0.631. The molecule has 2 aliphatic rings. The molecule has 0 aromatic carbocycles. The molecular formula is C16H27N4O4P. The standard InChI is InChI=1S/C16H27N4O4P/c1-9-18-14-11(15(19-9)23-2)17-8-20(14)16-13(22)12(21)10(24-16)6-7-25(3,4)5/h8,10,12-13,15-16,21-22H,3,6-7H2,1-2,4-5H3,(H,18,19)/t10-,12-,13-,15?,16-/m1/s1. The van der Waals surface area contributed by atoms with E-state index < -0.39 is 37.7 Å². The number of imidazole rings is 1. The van der Waals surface area contributed by atoms with Gasteiger partial charge in [0.15, 0.2) is 18.3 Å². The van der Waals surface area contributed by atoms with Crippen molar-refractivity contribution in [3.8, 4) is 0 Å². The summed E-state index contributed by atoms with van der Waals surface area (Å²) in [4.78, 5) is 8.82. The van der Waals surface area contributed by atoms with Crippen LogP contribution in [0.2, 0.25) is 0 Å². The Morgan fingerprint density at radius 1 is 1.40 bits per heavy atom. The summed E-state index contributed by atoms with van der Waals surface area (Å²) in [5, 5.41) is 24.0. The molecule has 0 spiro atoms. The Hall–Kier alpha value is -1.18. The third kappa shape index (κ3) is 3.68. The Morgan fingerprint density at radius 3 is 2.76 bits per heavy atom. The quantitative estimate of drug-likeness (QED) is 0.666. The van der Waals surface area contributed by atoms with Crippen LogP contribution in [0.4, 0.5) is 5.82 Å². The lowest BCUT2D eigenvalue weighted by Crippen LogP contribution is -2.33. The van der Waals surface area contributed by atoms with E-state index >= 15 is 0 Å². The number of amidine groups is 1. The minimum atomic E-state index is -1.22. The second kappa shape index (κ2) is 6.85. The number of rotatable bonds is 5. The maximum atomic E-state index is 10.5. The highest BCUT2D eigenvalue weighted by Gasteiger charge is 2.45. The first kappa shape index (κ1) is 18.6. The van der Waals surface area contributed by atoms with Gasteiger partial charge in [0.05, 0.1) is 12.4 Å². The molecule has 2 aliphatic heterocycles. The molecular weight excluding hydrogens is 343 g/mol. The van der Waals surface area contributed by atoms with Crippen molar-refractivity contribution >= 4 is 24.8 Å². The molecule has 8 nitrogen and oxygen atoms in total. The largest absolute Gasteiger partial charge is 0.388 e. The molecule has 1 aromatic rings. The zero-order valence-corrected chi connectivity index (χ0v) is 16.0. The summed E-state index contributed by atoms with van der Waals surface area (Å²) in [6.45, 7) is 4.89. The number of aliphatic hydroxyl groups is 2. The molecule has 25 heavy (non-hydrogen) atoms. The molecule has 9 heteroatoms. The Kier molecular flexibility index (Phi) is 5.10. The number of ether oxygens (including phenoxy) is 2. The van der Waals surface area contributed by atoms with Gasteiger partial charge in [-0.3, -0.25) is 4.57 Å². The number of aliphatic hydroxyl groups excluding tert-OH is 2. The summed E-state index contributed by atoms with van der Waals surface area (Å²) in [7, 11) is 1.59. The number of hydrogen-bond donors (Lipinski definition) is 3. The number of nitrogens with zero attached hydrogens (tertiary/aromatic N) is 3. The topological polar surface area (TPSA) is 101 Å². The van der Waals surface area contributed by atoms with Crippen LogP contribution < -0.4 is 5.32 Å². The average molecular weight is 370 g/mol. The van der Waals surface area contributed by atoms with Crippen LogP contribution in [0.25, 0.3) is 0 Å². The van der Waals surface area contributed by atoms with Gasteiger partial charge in [0.2, 0.25) is 0 Å². The normalized spacial score (nSPS) is 32.2. The van der Waals surface area contributed by atoms with E-state index in [1.54, 1.807) is 18.0 Å². The minimum Gasteiger partial charge on any atom is -0.388 e. The van der Waals surface area contributed by atoms with Crippen LogP contribution in [0.5, 0.6) is 0 Å². The molecule has 140 valence electrons. The Bertz CT molecular complexity index is 713. The van der Waals surface area contributed by atoms with Crippen molar-refractivity contribution < 1.29 is 19.7 Å². The van der Waals surface area contributed by atoms with Gasteiger partial charge in [0.1, 0.15) is 23.7 Å². The molecule has 0 radical (unpaired) electrons.